The zero-order chi connectivity index (χ0) is 12.8. The smallest absolute Gasteiger partial charge is 0.413 e. The molecule has 0 radical (unpaired) electrons. The number of ether oxygens (including phenoxy) is 2. The first-order valence-corrected chi connectivity index (χ1v) is 5.35. The maximum atomic E-state index is 10.9. The zero-order valence-corrected chi connectivity index (χ0v) is 10.8. The predicted molar refractivity (Wildman–Crippen MR) is 69.8 cm³/mol. The first kappa shape index (κ1) is 13.5. The summed E-state index contributed by atoms with van der Waals surface area (Å²) in [5, 5.41) is 5.70. The molecule has 1 aromatic rings. The molecule has 7 heteroatoms. The van der Waals surface area contributed by atoms with E-state index in [4.69, 9.17) is 28.6 Å². The average Bonchev–Trinajstić information content (AvgIpc) is 2.29. The standard InChI is InChI=1S/C10H11ClN2O3S/c1-15-8-4-3-6(11)5-7(8)12-9(17)13-10(14)16-2/h3-5H,1-2H3,(H2,12,13,14,17). The number of hydrogen-bond donors (Lipinski definition) is 2. The number of benzene rings is 1. The van der Waals surface area contributed by atoms with E-state index in [0.717, 1.165) is 0 Å². The van der Waals surface area contributed by atoms with Crippen LogP contribution in [0.1, 0.15) is 0 Å². The second kappa shape index (κ2) is 6.27. The van der Waals surface area contributed by atoms with Gasteiger partial charge in [-0.3, -0.25) is 5.32 Å². The summed E-state index contributed by atoms with van der Waals surface area (Å²) in [5.41, 5.74) is 0.557. The molecule has 1 rings (SSSR count). The number of thiocarbonyl (C=S) groups is 1. The summed E-state index contributed by atoms with van der Waals surface area (Å²) in [7, 11) is 2.77. The van der Waals surface area contributed by atoms with Crippen LogP contribution >= 0.6 is 23.8 Å². The van der Waals surface area contributed by atoms with Gasteiger partial charge in [0.2, 0.25) is 0 Å². The highest BCUT2D eigenvalue weighted by Crippen LogP contribution is 2.27. The quantitative estimate of drug-likeness (QED) is 0.811. The van der Waals surface area contributed by atoms with Gasteiger partial charge in [0.15, 0.2) is 5.11 Å². The molecule has 5 nitrogen and oxygen atoms in total. The Morgan fingerprint density at radius 1 is 1.41 bits per heavy atom. The lowest BCUT2D eigenvalue weighted by Gasteiger charge is -2.12. The largest absolute Gasteiger partial charge is 0.495 e. The van der Waals surface area contributed by atoms with Crippen LogP contribution < -0.4 is 15.4 Å². The minimum Gasteiger partial charge on any atom is -0.495 e. The molecule has 1 amide bonds. The normalized spacial score (nSPS) is 9.35. The van der Waals surface area contributed by atoms with Gasteiger partial charge in [0.05, 0.1) is 19.9 Å². The molecule has 0 unspecified atom stereocenters. The van der Waals surface area contributed by atoms with Gasteiger partial charge in [-0.25, -0.2) is 4.79 Å². The van der Waals surface area contributed by atoms with Gasteiger partial charge < -0.3 is 14.8 Å². The molecule has 0 saturated heterocycles. The Bertz CT molecular complexity index is 440. The van der Waals surface area contributed by atoms with Gasteiger partial charge in [-0.15, -0.1) is 0 Å². The van der Waals surface area contributed by atoms with Crippen molar-refractivity contribution in [3.8, 4) is 5.75 Å². The second-order valence-electron chi connectivity index (χ2n) is 2.92. The minimum atomic E-state index is -0.650. The van der Waals surface area contributed by atoms with Gasteiger partial charge in [-0.1, -0.05) is 11.6 Å². The highest BCUT2D eigenvalue weighted by Gasteiger charge is 2.08. The van der Waals surface area contributed by atoms with Crippen molar-refractivity contribution in [2.45, 2.75) is 0 Å². The molecule has 1 aromatic carbocycles. The number of carbonyl (C=O) groups is 1. The molecule has 0 saturated carbocycles. The van der Waals surface area contributed by atoms with Crippen molar-refractivity contribution in [1.29, 1.82) is 0 Å². The molecule has 0 fully saturated rings. The summed E-state index contributed by atoms with van der Waals surface area (Å²) in [6.07, 6.45) is -0.650. The Labute approximate surface area is 109 Å². The van der Waals surface area contributed by atoms with Crippen LogP contribution in [0.5, 0.6) is 5.75 Å². The fourth-order valence-electron chi connectivity index (χ4n) is 1.08. The van der Waals surface area contributed by atoms with Crippen molar-refractivity contribution in [3.05, 3.63) is 23.2 Å². The molecule has 0 atom stereocenters. The summed E-state index contributed by atoms with van der Waals surface area (Å²) >= 11 is 10.7. The van der Waals surface area contributed by atoms with E-state index in [1.807, 2.05) is 0 Å². The summed E-state index contributed by atoms with van der Waals surface area (Å²) in [5.74, 6) is 0.559. The summed E-state index contributed by atoms with van der Waals surface area (Å²) < 4.78 is 9.51. The van der Waals surface area contributed by atoms with E-state index in [-0.39, 0.29) is 5.11 Å². The topological polar surface area (TPSA) is 59.6 Å². The molecule has 0 aromatic heterocycles. The van der Waals surface area contributed by atoms with Crippen molar-refractivity contribution in [2.75, 3.05) is 19.5 Å². The van der Waals surface area contributed by atoms with Gasteiger partial charge in [0.1, 0.15) is 5.75 Å². The van der Waals surface area contributed by atoms with Crippen LogP contribution in [0, 0.1) is 0 Å². The number of halogens is 1. The molecule has 92 valence electrons. The van der Waals surface area contributed by atoms with E-state index in [2.05, 4.69) is 15.4 Å². The highest BCUT2D eigenvalue weighted by molar-refractivity contribution is 7.80. The number of anilines is 1. The first-order valence-electron chi connectivity index (χ1n) is 4.56. The Balaban J connectivity index is 2.76. The van der Waals surface area contributed by atoms with E-state index in [9.17, 15) is 4.79 Å². The maximum Gasteiger partial charge on any atom is 0.413 e. The minimum absolute atomic E-state index is 0.0948. The van der Waals surface area contributed by atoms with Crippen molar-refractivity contribution in [1.82, 2.24) is 5.32 Å². The van der Waals surface area contributed by atoms with Crippen LogP contribution in [-0.4, -0.2) is 25.4 Å². The number of methoxy groups -OCH3 is 2. The molecule has 0 aliphatic carbocycles. The van der Waals surface area contributed by atoms with Gasteiger partial charge in [0.25, 0.3) is 0 Å². The molecule has 0 bridgehead atoms. The highest BCUT2D eigenvalue weighted by atomic mass is 35.5. The van der Waals surface area contributed by atoms with E-state index in [1.54, 1.807) is 18.2 Å². The fraction of sp³-hybridized carbons (Fsp3) is 0.200. The van der Waals surface area contributed by atoms with Crippen LogP contribution in [0.2, 0.25) is 5.02 Å². The molecule has 0 aliphatic heterocycles. The Morgan fingerprint density at radius 2 is 2.12 bits per heavy atom. The number of carbonyl (C=O) groups excluding carboxylic acids is 1. The van der Waals surface area contributed by atoms with Crippen LogP contribution in [0.15, 0.2) is 18.2 Å². The lowest BCUT2D eigenvalue weighted by Crippen LogP contribution is -2.34. The van der Waals surface area contributed by atoms with Crippen molar-refractivity contribution < 1.29 is 14.3 Å². The van der Waals surface area contributed by atoms with Crippen molar-refractivity contribution >= 4 is 40.7 Å². The number of hydrogen-bond acceptors (Lipinski definition) is 4. The summed E-state index contributed by atoms with van der Waals surface area (Å²) in [6, 6.07) is 5.00. The van der Waals surface area contributed by atoms with Crippen LogP contribution in [-0.2, 0) is 4.74 Å². The summed E-state index contributed by atoms with van der Waals surface area (Å²) in [6.45, 7) is 0. The Hall–Kier alpha value is -1.53. The molecular formula is C10H11ClN2O3S. The van der Waals surface area contributed by atoms with Gasteiger partial charge in [-0.05, 0) is 30.4 Å². The monoisotopic (exact) mass is 274 g/mol. The Kier molecular flexibility index (Phi) is 4.99. The van der Waals surface area contributed by atoms with E-state index < -0.39 is 6.09 Å². The third-order valence-corrected chi connectivity index (χ3v) is 2.25. The lowest BCUT2D eigenvalue weighted by molar-refractivity contribution is 0.177. The second-order valence-corrected chi connectivity index (χ2v) is 3.76. The molecule has 0 aliphatic rings. The number of rotatable bonds is 2. The molecule has 0 spiro atoms. The fourth-order valence-corrected chi connectivity index (χ4v) is 1.44. The lowest BCUT2D eigenvalue weighted by atomic mass is 10.3. The number of alkyl carbamates (subject to hydrolysis) is 1. The SMILES string of the molecule is COC(=O)NC(=S)Nc1cc(Cl)ccc1OC. The molecule has 17 heavy (non-hydrogen) atoms. The first-order chi connectivity index (χ1) is 8.06. The zero-order valence-electron chi connectivity index (χ0n) is 9.24. The van der Waals surface area contributed by atoms with E-state index in [0.29, 0.717) is 16.5 Å². The van der Waals surface area contributed by atoms with Gasteiger partial charge in [0, 0.05) is 5.02 Å². The third kappa shape index (κ3) is 4.08. The molecular weight excluding hydrogens is 264 g/mol. The summed E-state index contributed by atoms with van der Waals surface area (Å²) in [4.78, 5) is 10.9. The van der Waals surface area contributed by atoms with Crippen LogP contribution in [0.3, 0.4) is 0 Å². The van der Waals surface area contributed by atoms with Crippen molar-refractivity contribution in [2.24, 2.45) is 0 Å². The number of amides is 1. The average molecular weight is 275 g/mol. The third-order valence-electron chi connectivity index (χ3n) is 1.81. The van der Waals surface area contributed by atoms with Gasteiger partial charge >= 0.3 is 6.09 Å². The predicted octanol–water partition coefficient (Wildman–Crippen LogP) is 2.40. The molecule has 2 N–H and O–H groups in total. The number of nitrogens with one attached hydrogen (secondary N) is 2. The Morgan fingerprint density at radius 3 is 2.71 bits per heavy atom. The van der Waals surface area contributed by atoms with Crippen LogP contribution in [0.4, 0.5) is 10.5 Å². The maximum absolute atomic E-state index is 10.9. The van der Waals surface area contributed by atoms with Gasteiger partial charge in [-0.2, -0.15) is 0 Å². The van der Waals surface area contributed by atoms with E-state index >= 15 is 0 Å². The molecule has 0 heterocycles. The van der Waals surface area contributed by atoms with E-state index in [1.165, 1.54) is 14.2 Å². The van der Waals surface area contributed by atoms with Crippen molar-refractivity contribution in [3.63, 3.8) is 0 Å². The van der Waals surface area contributed by atoms with Crippen LogP contribution in [0.25, 0.3) is 0 Å².